The van der Waals surface area contributed by atoms with Gasteiger partial charge in [0.1, 0.15) is 17.0 Å². The van der Waals surface area contributed by atoms with Crippen molar-refractivity contribution in [1.82, 2.24) is 9.97 Å². The fourth-order valence-corrected chi connectivity index (χ4v) is 3.13. The van der Waals surface area contributed by atoms with Crippen LogP contribution in [0.1, 0.15) is 6.42 Å². The molecule has 1 fully saturated rings. The molecule has 5 nitrogen and oxygen atoms in total. The molecule has 2 atom stereocenters. The Bertz CT molecular complexity index is 544. The molecule has 3 heterocycles. The summed E-state index contributed by atoms with van der Waals surface area (Å²) in [5.74, 6) is 0.996. The molecule has 1 aliphatic heterocycles. The standard InChI is InChI=1S/C12H16N4OS/c1-17-10-6-16(4-2-9(10)13)11-8-3-5-18-12(8)15-7-14-11/h3,5,7,9-10H,2,4,6,13H2,1H3/t9-,10+/m1/s1. The SMILES string of the molecule is CO[C@H]1CN(c2ncnc3sccc23)CC[C@H]1N. The largest absolute Gasteiger partial charge is 0.378 e. The Morgan fingerprint density at radius 1 is 1.50 bits per heavy atom. The molecule has 0 unspecified atom stereocenters. The van der Waals surface area contributed by atoms with Crippen LogP contribution in [0.5, 0.6) is 0 Å². The first-order valence-corrected chi connectivity index (χ1v) is 6.89. The van der Waals surface area contributed by atoms with Crippen molar-refractivity contribution in [2.24, 2.45) is 5.73 Å². The van der Waals surface area contributed by atoms with Gasteiger partial charge in [-0.2, -0.15) is 0 Å². The summed E-state index contributed by atoms with van der Waals surface area (Å²) >= 11 is 1.64. The summed E-state index contributed by atoms with van der Waals surface area (Å²) in [7, 11) is 1.72. The normalized spacial score (nSPS) is 24.7. The molecule has 2 aromatic heterocycles. The van der Waals surface area contributed by atoms with E-state index in [1.165, 1.54) is 0 Å². The first-order valence-electron chi connectivity index (χ1n) is 6.01. The lowest BCUT2D eigenvalue weighted by Crippen LogP contribution is -2.51. The van der Waals surface area contributed by atoms with E-state index in [4.69, 9.17) is 10.5 Å². The van der Waals surface area contributed by atoms with Crippen molar-refractivity contribution in [3.63, 3.8) is 0 Å². The third kappa shape index (κ3) is 1.96. The predicted octanol–water partition coefficient (Wildman–Crippen LogP) is 1.24. The Balaban J connectivity index is 1.93. The smallest absolute Gasteiger partial charge is 0.140 e. The third-order valence-electron chi connectivity index (χ3n) is 3.45. The number of fused-ring (bicyclic) bond motifs is 1. The van der Waals surface area contributed by atoms with Crippen LogP contribution in [-0.4, -0.2) is 42.3 Å². The minimum atomic E-state index is 0.0717. The van der Waals surface area contributed by atoms with Crippen LogP contribution in [-0.2, 0) is 4.74 Å². The summed E-state index contributed by atoms with van der Waals surface area (Å²) in [6.45, 7) is 1.71. The summed E-state index contributed by atoms with van der Waals surface area (Å²) in [6, 6.07) is 2.19. The molecule has 6 heteroatoms. The Hall–Kier alpha value is -1.24. The van der Waals surface area contributed by atoms with E-state index in [2.05, 4.69) is 20.9 Å². The second kappa shape index (κ2) is 4.79. The van der Waals surface area contributed by atoms with Gasteiger partial charge in [-0.3, -0.25) is 0 Å². The van der Waals surface area contributed by atoms with E-state index < -0.39 is 0 Å². The summed E-state index contributed by atoms with van der Waals surface area (Å²) in [5, 5.41) is 3.17. The molecule has 2 N–H and O–H groups in total. The number of ether oxygens (including phenoxy) is 1. The maximum absolute atomic E-state index is 6.04. The number of aromatic nitrogens is 2. The number of thiophene rings is 1. The van der Waals surface area contributed by atoms with Gasteiger partial charge in [-0.25, -0.2) is 9.97 Å². The number of hydrogen-bond acceptors (Lipinski definition) is 6. The lowest BCUT2D eigenvalue weighted by atomic mass is 10.0. The highest BCUT2D eigenvalue weighted by molar-refractivity contribution is 7.16. The molecule has 0 aliphatic carbocycles. The van der Waals surface area contributed by atoms with Crippen molar-refractivity contribution < 1.29 is 4.74 Å². The van der Waals surface area contributed by atoms with Gasteiger partial charge >= 0.3 is 0 Å². The van der Waals surface area contributed by atoms with E-state index in [-0.39, 0.29) is 12.1 Å². The minimum absolute atomic E-state index is 0.0717. The molecule has 0 bridgehead atoms. The Labute approximate surface area is 110 Å². The van der Waals surface area contributed by atoms with Crippen LogP contribution >= 0.6 is 11.3 Å². The van der Waals surface area contributed by atoms with Gasteiger partial charge in [-0.1, -0.05) is 0 Å². The fourth-order valence-electron chi connectivity index (χ4n) is 2.41. The number of rotatable bonds is 2. The molecule has 3 rings (SSSR count). The number of anilines is 1. The zero-order valence-electron chi connectivity index (χ0n) is 10.2. The molecule has 2 aromatic rings. The minimum Gasteiger partial charge on any atom is -0.378 e. The van der Waals surface area contributed by atoms with E-state index in [0.29, 0.717) is 0 Å². The summed E-state index contributed by atoms with van der Waals surface area (Å²) in [6.07, 6.45) is 2.63. The highest BCUT2D eigenvalue weighted by atomic mass is 32.1. The van der Waals surface area contributed by atoms with E-state index in [1.54, 1.807) is 24.8 Å². The van der Waals surface area contributed by atoms with Crippen molar-refractivity contribution in [1.29, 1.82) is 0 Å². The van der Waals surface area contributed by atoms with Crippen molar-refractivity contribution in [2.75, 3.05) is 25.1 Å². The zero-order valence-corrected chi connectivity index (χ0v) is 11.1. The molecule has 0 spiro atoms. The number of nitrogens with two attached hydrogens (primary N) is 1. The monoisotopic (exact) mass is 264 g/mol. The first kappa shape index (κ1) is 11.8. The van der Waals surface area contributed by atoms with E-state index >= 15 is 0 Å². The van der Waals surface area contributed by atoms with Gasteiger partial charge in [-0.05, 0) is 17.9 Å². The van der Waals surface area contributed by atoms with E-state index in [0.717, 1.165) is 35.5 Å². The molecule has 0 radical (unpaired) electrons. The second-order valence-corrected chi connectivity index (χ2v) is 5.40. The topological polar surface area (TPSA) is 64.3 Å². The second-order valence-electron chi connectivity index (χ2n) is 4.51. The number of hydrogen-bond donors (Lipinski definition) is 1. The van der Waals surface area contributed by atoms with Crippen LogP contribution in [0.25, 0.3) is 10.2 Å². The first-order chi connectivity index (χ1) is 8.79. The summed E-state index contributed by atoms with van der Waals surface area (Å²) < 4.78 is 5.44. The van der Waals surface area contributed by atoms with Gasteiger partial charge in [0.05, 0.1) is 11.5 Å². The lowest BCUT2D eigenvalue weighted by molar-refractivity contribution is 0.0729. The van der Waals surface area contributed by atoms with Crippen LogP contribution in [0.15, 0.2) is 17.8 Å². The molecule has 96 valence electrons. The van der Waals surface area contributed by atoms with Gasteiger partial charge in [0, 0.05) is 26.2 Å². The number of nitrogens with zero attached hydrogens (tertiary/aromatic N) is 3. The Morgan fingerprint density at radius 3 is 3.22 bits per heavy atom. The Kier molecular flexibility index (Phi) is 3.15. The van der Waals surface area contributed by atoms with Gasteiger partial charge in [-0.15, -0.1) is 11.3 Å². The lowest BCUT2D eigenvalue weighted by Gasteiger charge is -2.36. The van der Waals surface area contributed by atoms with Gasteiger partial charge in [0.15, 0.2) is 0 Å². The fraction of sp³-hybridized carbons (Fsp3) is 0.500. The van der Waals surface area contributed by atoms with Crippen molar-refractivity contribution in [2.45, 2.75) is 18.6 Å². The quantitative estimate of drug-likeness (QED) is 0.884. The highest BCUT2D eigenvalue weighted by Gasteiger charge is 2.28. The summed E-state index contributed by atoms with van der Waals surface area (Å²) in [5.41, 5.74) is 6.04. The molecule has 1 saturated heterocycles. The molecular weight excluding hydrogens is 248 g/mol. The van der Waals surface area contributed by atoms with E-state index in [1.807, 2.05) is 5.38 Å². The van der Waals surface area contributed by atoms with Gasteiger partial charge < -0.3 is 15.4 Å². The molecule has 0 amide bonds. The maximum atomic E-state index is 6.04. The predicted molar refractivity (Wildman–Crippen MR) is 73.0 cm³/mol. The molecule has 0 aromatic carbocycles. The van der Waals surface area contributed by atoms with Gasteiger partial charge in [0.25, 0.3) is 0 Å². The molecule has 1 aliphatic rings. The van der Waals surface area contributed by atoms with Crippen molar-refractivity contribution >= 4 is 27.4 Å². The summed E-state index contributed by atoms with van der Waals surface area (Å²) in [4.78, 5) is 12.0. The average molecular weight is 264 g/mol. The van der Waals surface area contributed by atoms with Crippen LogP contribution < -0.4 is 10.6 Å². The van der Waals surface area contributed by atoms with Crippen LogP contribution in [0, 0.1) is 0 Å². The number of piperidine rings is 1. The van der Waals surface area contributed by atoms with Crippen LogP contribution in [0.2, 0.25) is 0 Å². The molecular formula is C12H16N4OS. The highest BCUT2D eigenvalue weighted by Crippen LogP contribution is 2.28. The van der Waals surface area contributed by atoms with Crippen LogP contribution in [0.4, 0.5) is 5.82 Å². The third-order valence-corrected chi connectivity index (χ3v) is 4.27. The van der Waals surface area contributed by atoms with Crippen molar-refractivity contribution in [3.05, 3.63) is 17.8 Å². The van der Waals surface area contributed by atoms with E-state index in [9.17, 15) is 0 Å². The Morgan fingerprint density at radius 2 is 2.39 bits per heavy atom. The van der Waals surface area contributed by atoms with Gasteiger partial charge in [0.2, 0.25) is 0 Å². The average Bonchev–Trinajstić information content (AvgIpc) is 2.87. The van der Waals surface area contributed by atoms with Crippen LogP contribution in [0.3, 0.4) is 0 Å². The number of methoxy groups -OCH3 is 1. The molecule has 0 saturated carbocycles. The maximum Gasteiger partial charge on any atom is 0.140 e. The zero-order chi connectivity index (χ0) is 12.5. The molecule has 18 heavy (non-hydrogen) atoms. The van der Waals surface area contributed by atoms with Crippen molar-refractivity contribution in [3.8, 4) is 0 Å².